The molecule has 0 heterocycles. The summed E-state index contributed by atoms with van der Waals surface area (Å²) in [6, 6.07) is 10.1. The molecule has 1 heteroatoms. The van der Waals surface area contributed by atoms with Crippen LogP contribution in [0.25, 0.3) is 6.08 Å². The van der Waals surface area contributed by atoms with E-state index in [1.165, 1.54) is 11.6 Å². The van der Waals surface area contributed by atoms with Crippen molar-refractivity contribution in [2.24, 2.45) is 0 Å². The van der Waals surface area contributed by atoms with Crippen molar-refractivity contribution >= 4 is 6.08 Å². The van der Waals surface area contributed by atoms with Crippen LogP contribution in [0.3, 0.4) is 0 Å². The Balaban J connectivity index is 2.70. The zero-order valence-corrected chi connectivity index (χ0v) is 7.57. The van der Waals surface area contributed by atoms with E-state index in [-0.39, 0.29) is 0 Å². The van der Waals surface area contributed by atoms with Crippen LogP contribution < -0.4 is 0 Å². The topological polar surface area (TPSA) is 23.8 Å². The molecule has 0 N–H and O–H groups in total. The maximum absolute atomic E-state index is 8.24. The Morgan fingerprint density at radius 1 is 1.31 bits per heavy atom. The van der Waals surface area contributed by atoms with E-state index in [9.17, 15) is 0 Å². The second-order valence-corrected chi connectivity index (χ2v) is 2.76. The van der Waals surface area contributed by atoms with Crippen LogP contribution in [0, 0.1) is 18.3 Å². The Morgan fingerprint density at radius 2 is 2.15 bits per heavy atom. The minimum Gasteiger partial charge on any atom is -0.193 e. The predicted octanol–water partition coefficient (Wildman–Crippen LogP) is 3.09. The van der Waals surface area contributed by atoms with Crippen molar-refractivity contribution < 1.29 is 0 Å². The number of rotatable bonds is 2. The second kappa shape index (κ2) is 4.95. The highest BCUT2D eigenvalue weighted by molar-refractivity contribution is 5.52. The van der Waals surface area contributed by atoms with Gasteiger partial charge in [0.1, 0.15) is 0 Å². The Bertz CT molecular complexity index is 367. The fraction of sp³-hybridized carbons (Fsp3) is 0.0833. The Kier molecular flexibility index (Phi) is 3.53. The van der Waals surface area contributed by atoms with Gasteiger partial charge in [0.2, 0.25) is 0 Å². The van der Waals surface area contributed by atoms with Gasteiger partial charge >= 0.3 is 0 Å². The van der Waals surface area contributed by atoms with Crippen molar-refractivity contribution in [2.75, 3.05) is 0 Å². The van der Waals surface area contributed by atoms with E-state index in [1.54, 1.807) is 6.08 Å². The maximum atomic E-state index is 8.24. The maximum Gasteiger partial charge on any atom is 0.0912 e. The van der Waals surface area contributed by atoms with Crippen LogP contribution in [0.15, 0.2) is 42.5 Å². The molecule has 1 aromatic carbocycles. The molecular formula is C12H11N. The molecule has 0 unspecified atom stereocenters. The SMILES string of the molecule is Cc1cccc(C=CC=CC#N)c1. The number of hydrogen-bond acceptors (Lipinski definition) is 1. The lowest BCUT2D eigenvalue weighted by Crippen LogP contribution is -1.73. The summed E-state index contributed by atoms with van der Waals surface area (Å²) in [7, 11) is 0. The molecule has 0 radical (unpaired) electrons. The molecule has 1 nitrogen and oxygen atoms in total. The van der Waals surface area contributed by atoms with Crippen molar-refractivity contribution in [3.63, 3.8) is 0 Å². The first-order chi connectivity index (χ1) is 6.33. The van der Waals surface area contributed by atoms with E-state index >= 15 is 0 Å². The van der Waals surface area contributed by atoms with Gasteiger partial charge in [-0.15, -0.1) is 0 Å². The lowest BCUT2D eigenvalue weighted by atomic mass is 10.1. The van der Waals surface area contributed by atoms with Crippen molar-refractivity contribution in [2.45, 2.75) is 6.92 Å². The standard InChI is InChI=1S/C12H11N/c1-11-6-5-8-12(10-11)7-3-2-4-9-13/h2-8,10H,1H3. The number of nitrogens with zero attached hydrogens (tertiary/aromatic N) is 1. The summed E-state index contributed by atoms with van der Waals surface area (Å²) in [5.74, 6) is 0. The van der Waals surface area contributed by atoms with Gasteiger partial charge in [0, 0.05) is 6.08 Å². The summed E-state index contributed by atoms with van der Waals surface area (Å²) in [5, 5.41) is 8.24. The van der Waals surface area contributed by atoms with Crippen LogP contribution in [0.4, 0.5) is 0 Å². The number of aryl methyl sites for hydroxylation is 1. The molecule has 0 saturated carbocycles. The average molecular weight is 169 g/mol. The lowest BCUT2D eigenvalue weighted by Gasteiger charge is -1.93. The normalized spacial score (nSPS) is 10.8. The fourth-order valence-corrected chi connectivity index (χ4v) is 1.04. The third-order valence-electron chi connectivity index (χ3n) is 1.61. The quantitative estimate of drug-likeness (QED) is 0.493. The molecule has 1 rings (SSSR count). The first-order valence-electron chi connectivity index (χ1n) is 4.12. The smallest absolute Gasteiger partial charge is 0.0912 e. The summed E-state index contributed by atoms with van der Waals surface area (Å²) < 4.78 is 0. The summed E-state index contributed by atoms with van der Waals surface area (Å²) in [5.41, 5.74) is 2.40. The summed E-state index contributed by atoms with van der Waals surface area (Å²) >= 11 is 0. The number of hydrogen-bond donors (Lipinski definition) is 0. The van der Waals surface area contributed by atoms with Gasteiger partial charge in [-0.05, 0) is 12.5 Å². The van der Waals surface area contributed by atoms with E-state index in [2.05, 4.69) is 19.1 Å². The van der Waals surface area contributed by atoms with Gasteiger partial charge in [0.15, 0.2) is 0 Å². The molecule has 0 aliphatic rings. The molecule has 13 heavy (non-hydrogen) atoms. The Morgan fingerprint density at radius 3 is 2.85 bits per heavy atom. The van der Waals surface area contributed by atoms with Gasteiger partial charge < -0.3 is 0 Å². The molecule has 0 bridgehead atoms. The molecule has 0 amide bonds. The Labute approximate surface area is 78.6 Å². The van der Waals surface area contributed by atoms with Gasteiger partial charge in [-0.3, -0.25) is 0 Å². The van der Waals surface area contributed by atoms with Crippen LogP contribution in [0.2, 0.25) is 0 Å². The van der Waals surface area contributed by atoms with Gasteiger partial charge in [-0.1, -0.05) is 48.1 Å². The molecule has 0 fully saturated rings. The van der Waals surface area contributed by atoms with Crippen LogP contribution in [0.5, 0.6) is 0 Å². The van der Waals surface area contributed by atoms with Crippen molar-refractivity contribution in [1.82, 2.24) is 0 Å². The largest absolute Gasteiger partial charge is 0.193 e. The summed E-state index contributed by atoms with van der Waals surface area (Å²) in [6.07, 6.45) is 7.01. The zero-order chi connectivity index (χ0) is 9.52. The van der Waals surface area contributed by atoms with Crippen molar-refractivity contribution in [3.8, 4) is 6.07 Å². The first-order valence-corrected chi connectivity index (χ1v) is 4.12. The molecule has 0 aliphatic carbocycles. The number of allylic oxidation sites excluding steroid dienone is 3. The second-order valence-electron chi connectivity index (χ2n) is 2.76. The summed E-state index contributed by atoms with van der Waals surface area (Å²) in [6.45, 7) is 2.06. The number of benzene rings is 1. The zero-order valence-electron chi connectivity index (χ0n) is 7.57. The first kappa shape index (κ1) is 9.28. The number of nitriles is 1. The van der Waals surface area contributed by atoms with E-state index < -0.39 is 0 Å². The highest BCUT2D eigenvalue weighted by Crippen LogP contribution is 2.05. The molecule has 0 aromatic heterocycles. The van der Waals surface area contributed by atoms with E-state index in [0.717, 1.165) is 5.56 Å². The van der Waals surface area contributed by atoms with Crippen LogP contribution in [0.1, 0.15) is 11.1 Å². The monoisotopic (exact) mass is 169 g/mol. The highest BCUT2D eigenvalue weighted by Gasteiger charge is 1.84. The molecule has 1 aromatic rings. The molecule has 64 valence electrons. The van der Waals surface area contributed by atoms with Gasteiger partial charge in [-0.25, -0.2) is 0 Å². The lowest BCUT2D eigenvalue weighted by molar-refractivity contribution is 1.46. The molecule has 0 saturated heterocycles. The van der Waals surface area contributed by atoms with Gasteiger partial charge in [-0.2, -0.15) is 5.26 Å². The van der Waals surface area contributed by atoms with Crippen molar-refractivity contribution in [3.05, 3.63) is 53.6 Å². The van der Waals surface area contributed by atoms with Crippen molar-refractivity contribution in [1.29, 1.82) is 5.26 Å². The van der Waals surface area contributed by atoms with Crippen LogP contribution in [-0.4, -0.2) is 0 Å². The highest BCUT2D eigenvalue weighted by atomic mass is 14.2. The summed E-state index contributed by atoms with van der Waals surface area (Å²) in [4.78, 5) is 0. The molecule has 0 spiro atoms. The van der Waals surface area contributed by atoms with E-state index in [0.29, 0.717) is 0 Å². The molecule has 0 atom stereocenters. The third kappa shape index (κ3) is 3.39. The predicted molar refractivity (Wildman–Crippen MR) is 55.0 cm³/mol. The third-order valence-corrected chi connectivity index (χ3v) is 1.61. The minimum atomic E-state index is 1.16. The Hall–Kier alpha value is -1.81. The van der Waals surface area contributed by atoms with Gasteiger partial charge in [0.25, 0.3) is 0 Å². The fourth-order valence-electron chi connectivity index (χ4n) is 1.04. The average Bonchev–Trinajstić information content (AvgIpc) is 2.13. The van der Waals surface area contributed by atoms with Crippen LogP contribution >= 0.6 is 0 Å². The molecule has 0 aliphatic heterocycles. The van der Waals surface area contributed by atoms with E-state index in [4.69, 9.17) is 5.26 Å². The molecular weight excluding hydrogens is 158 g/mol. The van der Waals surface area contributed by atoms with E-state index in [1.807, 2.05) is 30.4 Å². The minimum absolute atomic E-state index is 1.16. The van der Waals surface area contributed by atoms with Crippen LogP contribution in [-0.2, 0) is 0 Å². The van der Waals surface area contributed by atoms with Gasteiger partial charge in [0.05, 0.1) is 6.07 Å².